The Labute approximate surface area is 108 Å². The van der Waals surface area contributed by atoms with Gasteiger partial charge in [-0.15, -0.1) is 0 Å². The summed E-state index contributed by atoms with van der Waals surface area (Å²) in [7, 11) is 0. The smallest absolute Gasteiger partial charge is 0.0943 e. The Morgan fingerprint density at radius 1 is 1.22 bits per heavy atom. The SMILES string of the molecule is CC1(C(C)(O)C2(C#N)Cc3ccccc3C2)CC1. The summed E-state index contributed by atoms with van der Waals surface area (Å²) in [4.78, 5) is 0. The molecule has 1 fully saturated rings. The Balaban J connectivity index is 2.03. The van der Waals surface area contributed by atoms with Gasteiger partial charge in [0.15, 0.2) is 0 Å². The lowest BCUT2D eigenvalue weighted by Crippen LogP contribution is -2.51. The number of benzene rings is 1. The Morgan fingerprint density at radius 3 is 2.11 bits per heavy atom. The largest absolute Gasteiger partial charge is 0.388 e. The minimum Gasteiger partial charge on any atom is -0.388 e. The maximum atomic E-state index is 11.0. The number of nitrogens with zero attached hydrogens (tertiary/aromatic N) is 1. The van der Waals surface area contributed by atoms with Crippen molar-refractivity contribution in [3.05, 3.63) is 35.4 Å². The van der Waals surface area contributed by atoms with Crippen LogP contribution in [0.15, 0.2) is 24.3 Å². The van der Waals surface area contributed by atoms with Crippen LogP contribution in [0.1, 0.15) is 37.8 Å². The summed E-state index contributed by atoms with van der Waals surface area (Å²) in [6, 6.07) is 10.7. The van der Waals surface area contributed by atoms with Crippen molar-refractivity contribution in [3.8, 4) is 6.07 Å². The summed E-state index contributed by atoms with van der Waals surface area (Å²) in [5, 5.41) is 20.7. The van der Waals surface area contributed by atoms with Crippen LogP contribution in [0.25, 0.3) is 0 Å². The van der Waals surface area contributed by atoms with Crippen LogP contribution in [0.3, 0.4) is 0 Å². The van der Waals surface area contributed by atoms with Crippen LogP contribution in [-0.4, -0.2) is 10.7 Å². The number of rotatable bonds is 2. The number of hydrogen-bond acceptors (Lipinski definition) is 2. The fourth-order valence-corrected chi connectivity index (χ4v) is 3.40. The van der Waals surface area contributed by atoms with Gasteiger partial charge in [-0.3, -0.25) is 0 Å². The molecule has 0 aliphatic heterocycles. The van der Waals surface area contributed by atoms with E-state index >= 15 is 0 Å². The molecule has 0 aromatic heterocycles. The van der Waals surface area contributed by atoms with Gasteiger partial charge in [0, 0.05) is 0 Å². The Bertz CT molecular complexity index is 509. The Hall–Kier alpha value is -1.33. The van der Waals surface area contributed by atoms with Crippen molar-refractivity contribution in [3.63, 3.8) is 0 Å². The van der Waals surface area contributed by atoms with Crippen LogP contribution >= 0.6 is 0 Å². The highest BCUT2D eigenvalue weighted by atomic mass is 16.3. The molecule has 1 N–H and O–H groups in total. The minimum atomic E-state index is -0.909. The van der Waals surface area contributed by atoms with Gasteiger partial charge in [0.1, 0.15) is 0 Å². The van der Waals surface area contributed by atoms with E-state index in [1.807, 2.05) is 19.1 Å². The third kappa shape index (κ3) is 1.31. The maximum Gasteiger partial charge on any atom is 0.0943 e. The zero-order valence-corrected chi connectivity index (χ0v) is 11.0. The van der Waals surface area contributed by atoms with Gasteiger partial charge >= 0.3 is 0 Å². The molecule has 2 heteroatoms. The van der Waals surface area contributed by atoms with Crippen LogP contribution in [-0.2, 0) is 12.8 Å². The van der Waals surface area contributed by atoms with Gasteiger partial charge in [-0.1, -0.05) is 31.2 Å². The summed E-state index contributed by atoms with van der Waals surface area (Å²) >= 11 is 0. The van der Waals surface area contributed by atoms with Crippen LogP contribution in [0.5, 0.6) is 0 Å². The van der Waals surface area contributed by atoms with Gasteiger partial charge in [0.25, 0.3) is 0 Å². The van der Waals surface area contributed by atoms with E-state index in [2.05, 4.69) is 25.1 Å². The second-order valence-electron chi connectivity index (χ2n) is 6.45. The van der Waals surface area contributed by atoms with Gasteiger partial charge in [0.05, 0.1) is 17.1 Å². The molecule has 2 nitrogen and oxygen atoms in total. The van der Waals surface area contributed by atoms with Crippen molar-refractivity contribution in [2.75, 3.05) is 0 Å². The first kappa shape index (κ1) is 11.7. The molecule has 94 valence electrons. The molecule has 0 spiro atoms. The minimum absolute atomic E-state index is 0.0786. The molecule has 3 rings (SSSR count). The fourth-order valence-electron chi connectivity index (χ4n) is 3.40. The lowest BCUT2D eigenvalue weighted by atomic mass is 9.64. The Kier molecular flexibility index (Phi) is 2.19. The second kappa shape index (κ2) is 3.36. The molecule has 0 bridgehead atoms. The van der Waals surface area contributed by atoms with Crippen molar-refractivity contribution in [2.24, 2.45) is 10.8 Å². The molecular weight excluding hydrogens is 222 g/mol. The van der Waals surface area contributed by atoms with E-state index in [-0.39, 0.29) is 5.41 Å². The van der Waals surface area contributed by atoms with E-state index in [1.54, 1.807) is 0 Å². The fraction of sp³-hybridized carbons (Fsp3) is 0.562. The topological polar surface area (TPSA) is 44.0 Å². The first-order valence-corrected chi connectivity index (χ1v) is 6.65. The average Bonchev–Trinajstić information content (AvgIpc) is 2.98. The number of aliphatic hydroxyl groups is 1. The molecule has 0 radical (unpaired) electrons. The molecule has 0 amide bonds. The van der Waals surface area contributed by atoms with Gasteiger partial charge in [-0.05, 0) is 49.1 Å². The highest BCUT2D eigenvalue weighted by Gasteiger charge is 2.64. The molecule has 2 aliphatic carbocycles. The molecule has 0 heterocycles. The zero-order valence-electron chi connectivity index (χ0n) is 11.0. The van der Waals surface area contributed by atoms with E-state index < -0.39 is 11.0 Å². The monoisotopic (exact) mass is 241 g/mol. The van der Waals surface area contributed by atoms with Crippen molar-refractivity contribution in [1.29, 1.82) is 5.26 Å². The van der Waals surface area contributed by atoms with E-state index in [0.717, 1.165) is 12.8 Å². The third-order valence-corrected chi connectivity index (χ3v) is 5.42. The highest BCUT2D eigenvalue weighted by Crippen LogP contribution is 2.62. The van der Waals surface area contributed by atoms with Crippen molar-refractivity contribution >= 4 is 0 Å². The lowest BCUT2D eigenvalue weighted by molar-refractivity contribution is -0.0897. The van der Waals surface area contributed by atoms with E-state index in [9.17, 15) is 10.4 Å². The molecule has 2 aliphatic rings. The van der Waals surface area contributed by atoms with Gasteiger partial charge in [-0.2, -0.15) is 5.26 Å². The maximum absolute atomic E-state index is 11.0. The van der Waals surface area contributed by atoms with Gasteiger partial charge in [-0.25, -0.2) is 0 Å². The number of nitriles is 1. The van der Waals surface area contributed by atoms with Crippen LogP contribution < -0.4 is 0 Å². The summed E-state index contributed by atoms with van der Waals surface area (Å²) in [5.74, 6) is 0. The van der Waals surface area contributed by atoms with Gasteiger partial charge in [0.2, 0.25) is 0 Å². The van der Waals surface area contributed by atoms with E-state index in [0.29, 0.717) is 12.8 Å². The summed E-state index contributed by atoms with van der Waals surface area (Å²) < 4.78 is 0. The van der Waals surface area contributed by atoms with Gasteiger partial charge < -0.3 is 5.11 Å². The predicted octanol–water partition coefficient (Wildman–Crippen LogP) is 2.85. The third-order valence-electron chi connectivity index (χ3n) is 5.42. The summed E-state index contributed by atoms with van der Waals surface area (Å²) in [6.07, 6.45) is 3.42. The zero-order chi connectivity index (χ0) is 13.0. The van der Waals surface area contributed by atoms with Crippen LogP contribution in [0, 0.1) is 22.2 Å². The van der Waals surface area contributed by atoms with Crippen molar-refractivity contribution < 1.29 is 5.11 Å². The quantitative estimate of drug-likeness (QED) is 0.865. The number of fused-ring (bicyclic) bond motifs is 1. The molecule has 1 saturated carbocycles. The lowest BCUT2D eigenvalue weighted by Gasteiger charge is -2.42. The Morgan fingerprint density at radius 2 is 1.72 bits per heavy atom. The first-order valence-electron chi connectivity index (χ1n) is 6.65. The number of hydrogen-bond donors (Lipinski definition) is 1. The first-order chi connectivity index (χ1) is 8.44. The molecule has 1 aromatic rings. The molecule has 1 atom stereocenters. The molecule has 1 aromatic carbocycles. The molecule has 18 heavy (non-hydrogen) atoms. The van der Waals surface area contributed by atoms with Crippen molar-refractivity contribution in [1.82, 2.24) is 0 Å². The standard InChI is InChI=1S/C16H19NO/c1-14(7-8-14)15(2,18)16(11-17)9-12-5-3-4-6-13(12)10-16/h3-6,18H,7-10H2,1-2H3. The van der Waals surface area contributed by atoms with Crippen molar-refractivity contribution in [2.45, 2.75) is 45.1 Å². The normalized spacial score (nSPS) is 25.9. The molecular formula is C16H19NO. The molecule has 1 unspecified atom stereocenters. The average molecular weight is 241 g/mol. The predicted molar refractivity (Wildman–Crippen MR) is 69.9 cm³/mol. The van der Waals surface area contributed by atoms with Crippen LogP contribution in [0.4, 0.5) is 0 Å². The second-order valence-corrected chi connectivity index (χ2v) is 6.45. The highest BCUT2D eigenvalue weighted by molar-refractivity contribution is 5.40. The van der Waals surface area contributed by atoms with E-state index in [1.165, 1.54) is 11.1 Å². The van der Waals surface area contributed by atoms with E-state index in [4.69, 9.17) is 0 Å². The van der Waals surface area contributed by atoms with Crippen LogP contribution in [0.2, 0.25) is 0 Å². The molecule has 0 saturated heterocycles. The summed E-state index contributed by atoms with van der Waals surface area (Å²) in [6.45, 7) is 3.98. The summed E-state index contributed by atoms with van der Waals surface area (Å²) in [5.41, 5.74) is 0.813.